The van der Waals surface area contributed by atoms with Crippen LogP contribution >= 0.6 is 34.4 Å². The Labute approximate surface area is 147 Å². The summed E-state index contributed by atoms with van der Waals surface area (Å²) in [7, 11) is 0. The molecule has 0 saturated carbocycles. The van der Waals surface area contributed by atoms with Crippen LogP contribution in [0.2, 0.25) is 0 Å². The third-order valence-electron chi connectivity index (χ3n) is 3.10. The number of aromatic nitrogens is 1. The highest BCUT2D eigenvalue weighted by Crippen LogP contribution is 2.25. The molecule has 3 aromatic rings. The fourth-order valence-electron chi connectivity index (χ4n) is 2.01. The minimum Gasteiger partial charge on any atom is -0.355 e. The molecule has 1 amide bonds. The number of carbonyl (C=O) groups excluding carboxylic acids is 1. The van der Waals surface area contributed by atoms with Crippen molar-refractivity contribution in [3.8, 4) is 10.6 Å². The predicted octanol–water partition coefficient (Wildman–Crippen LogP) is 4.32. The van der Waals surface area contributed by atoms with Gasteiger partial charge in [-0.15, -0.1) is 23.1 Å². The molecule has 118 valence electrons. The minimum absolute atomic E-state index is 0.0285. The molecule has 2 heterocycles. The number of thiophene rings is 1. The second kappa shape index (κ2) is 8.29. The summed E-state index contributed by atoms with van der Waals surface area (Å²) in [5.74, 6) is 0.897. The Hall–Kier alpha value is -1.63. The Morgan fingerprint density at radius 1 is 1.17 bits per heavy atom. The van der Waals surface area contributed by atoms with E-state index < -0.39 is 0 Å². The van der Waals surface area contributed by atoms with Crippen LogP contribution in [0.15, 0.2) is 57.4 Å². The van der Waals surface area contributed by atoms with Gasteiger partial charge in [0, 0.05) is 33.5 Å². The quantitative estimate of drug-likeness (QED) is 0.504. The van der Waals surface area contributed by atoms with Crippen molar-refractivity contribution >= 4 is 40.3 Å². The van der Waals surface area contributed by atoms with E-state index >= 15 is 0 Å². The van der Waals surface area contributed by atoms with Gasteiger partial charge in [-0.3, -0.25) is 4.79 Å². The lowest BCUT2D eigenvalue weighted by atomic mass is 10.3. The largest absolute Gasteiger partial charge is 0.355 e. The molecule has 0 atom stereocenters. The van der Waals surface area contributed by atoms with Crippen LogP contribution in [0.3, 0.4) is 0 Å². The van der Waals surface area contributed by atoms with Gasteiger partial charge < -0.3 is 5.32 Å². The molecule has 2 aromatic heterocycles. The fraction of sp³-hybridized carbons (Fsp3) is 0.176. The van der Waals surface area contributed by atoms with Crippen LogP contribution in [0.4, 0.5) is 0 Å². The number of amides is 1. The first-order valence-corrected chi connectivity index (χ1v) is 10.0. The first kappa shape index (κ1) is 16.2. The third kappa shape index (κ3) is 4.92. The van der Waals surface area contributed by atoms with E-state index in [0.29, 0.717) is 13.0 Å². The van der Waals surface area contributed by atoms with E-state index in [2.05, 4.69) is 27.8 Å². The fourth-order valence-corrected chi connectivity index (χ4v) is 4.33. The maximum Gasteiger partial charge on any atom is 0.226 e. The normalized spacial score (nSPS) is 10.6. The monoisotopic (exact) mass is 360 g/mol. The molecule has 1 N–H and O–H groups in total. The SMILES string of the molecule is O=C(Cc1csc(-c2ccsc2)n1)NCCSc1ccccc1. The Morgan fingerprint density at radius 2 is 2.04 bits per heavy atom. The number of thiazole rings is 1. The minimum atomic E-state index is 0.0285. The lowest BCUT2D eigenvalue weighted by Gasteiger charge is -2.04. The maximum atomic E-state index is 12.0. The zero-order valence-electron chi connectivity index (χ0n) is 12.4. The van der Waals surface area contributed by atoms with Crippen molar-refractivity contribution in [1.82, 2.24) is 10.3 Å². The van der Waals surface area contributed by atoms with Crippen molar-refractivity contribution in [1.29, 1.82) is 0 Å². The molecular formula is C17H16N2OS3. The molecule has 0 radical (unpaired) electrons. The van der Waals surface area contributed by atoms with Crippen molar-refractivity contribution in [3.05, 3.63) is 58.2 Å². The van der Waals surface area contributed by atoms with Gasteiger partial charge in [-0.25, -0.2) is 4.98 Å². The molecule has 0 spiro atoms. The average Bonchev–Trinajstić information content (AvgIpc) is 3.24. The number of nitrogens with zero attached hydrogens (tertiary/aromatic N) is 1. The number of thioether (sulfide) groups is 1. The van der Waals surface area contributed by atoms with Crippen LogP contribution in [-0.2, 0) is 11.2 Å². The number of hydrogen-bond donors (Lipinski definition) is 1. The zero-order chi connectivity index (χ0) is 15.9. The van der Waals surface area contributed by atoms with Gasteiger partial charge in [-0.2, -0.15) is 11.3 Å². The highest BCUT2D eigenvalue weighted by atomic mass is 32.2. The first-order chi connectivity index (χ1) is 11.3. The van der Waals surface area contributed by atoms with Crippen molar-refractivity contribution in [2.75, 3.05) is 12.3 Å². The molecule has 3 nitrogen and oxygen atoms in total. The summed E-state index contributed by atoms with van der Waals surface area (Å²) in [6.45, 7) is 0.667. The summed E-state index contributed by atoms with van der Waals surface area (Å²) in [5.41, 5.74) is 1.97. The van der Waals surface area contributed by atoms with E-state index in [0.717, 1.165) is 22.0 Å². The van der Waals surface area contributed by atoms with Gasteiger partial charge in [-0.1, -0.05) is 18.2 Å². The van der Waals surface area contributed by atoms with Crippen LogP contribution in [0.5, 0.6) is 0 Å². The Morgan fingerprint density at radius 3 is 2.83 bits per heavy atom. The molecule has 23 heavy (non-hydrogen) atoms. The van der Waals surface area contributed by atoms with Gasteiger partial charge in [0.2, 0.25) is 5.91 Å². The Balaban J connectivity index is 1.41. The molecule has 0 bridgehead atoms. The highest BCUT2D eigenvalue weighted by molar-refractivity contribution is 7.99. The van der Waals surface area contributed by atoms with Crippen LogP contribution in [0, 0.1) is 0 Å². The van der Waals surface area contributed by atoms with Crippen molar-refractivity contribution in [2.24, 2.45) is 0 Å². The summed E-state index contributed by atoms with van der Waals surface area (Å²) in [6.07, 6.45) is 0.344. The number of hydrogen-bond acceptors (Lipinski definition) is 5. The Kier molecular flexibility index (Phi) is 5.85. The van der Waals surface area contributed by atoms with Gasteiger partial charge in [0.25, 0.3) is 0 Å². The molecule has 0 unspecified atom stereocenters. The van der Waals surface area contributed by atoms with Gasteiger partial charge >= 0.3 is 0 Å². The average molecular weight is 361 g/mol. The zero-order valence-corrected chi connectivity index (χ0v) is 14.8. The summed E-state index contributed by atoms with van der Waals surface area (Å²) in [4.78, 5) is 17.7. The molecule has 0 saturated heterocycles. The molecule has 3 rings (SSSR count). The van der Waals surface area contributed by atoms with E-state index in [9.17, 15) is 4.79 Å². The maximum absolute atomic E-state index is 12.0. The van der Waals surface area contributed by atoms with E-state index in [1.807, 2.05) is 35.0 Å². The van der Waals surface area contributed by atoms with E-state index in [1.165, 1.54) is 4.90 Å². The molecule has 6 heteroatoms. The topological polar surface area (TPSA) is 42.0 Å². The summed E-state index contributed by atoms with van der Waals surface area (Å²) in [5, 5.41) is 10.0. The van der Waals surface area contributed by atoms with Crippen LogP contribution in [0.25, 0.3) is 10.6 Å². The summed E-state index contributed by atoms with van der Waals surface area (Å²) in [6, 6.07) is 12.3. The lowest BCUT2D eigenvalue weighted by Crippen LogP contribution is -2.27. The Bertz CT molecular complexity index is 738. The van der Waals surface area contributed by atoms with Gasteiger partial charge in [0.1, 0.15) is 5.01 Å². The van der Waals surface area contributed by atoms with E-state index in [4.69, 9.17) is 0 Å². The van der Waals surface area contributed by atoms with Gasteiger partial charge in [0.15, 0.2) is 0 Å². The molecule has 0 aliphatic rings. The highest BCUT2D eigenvalue weighted by Gasteiger charge is 2.09. The smallest absolute Gasteiger partial charge is 0.226 e. The van der Waals surface area contributed by atoms with Crippen LogP contribution in [-0.4, -0.2) is 23.2 Å². The second-order valence-electron chi connectivity index (χ2n) is 4.84. The van der Waals surface area contributed by atoms with Crippen molar-refractivity contribution in [3.63, 3.8) is 0 Å². The van der Waals surface area contributed by atoms with Gasteiger partial charge in [0.05, 0.1) is 12.1 Å². The van der Waals surface area contributed by atoms with E-state index in [-0.39, 0.29) is 5.91 Å². The number of nitrogens with one attached hydrogen (secondary N) is 1. The molecule has 0 aliphatic heterocycles. The summed E-state index contributed by atoms with van der Waals surface area (Å²) >= 11 is 4.98. The third-order valence-corrected chi connectivity index (χ3v) is 5.73. The van der Waals surface area contributed by atoms with Crippen LogP contribution in [0.1, 0.15) is 5.69 Å². The lowest BCUT2D eigenvalue weighted by molar-refractivity contribution is -0.120. The van der Waals surface area contributed by atoms with Crippen molar-refractivity contribution in [2.45, 2.75) is 11.3 Å². The second-order valence-corrected chi connectivity index (χ2v) is 7.65. The standard InChI is InChI=1S/C17H16N2OS3/c20-16(18-7-9-22-15-4-2-1-3-5-15)10-14-12-23-17(19-14)13-6-8-21-11-13/h1-6,8,11-12H,7,9-10H2,(H,18,20). The van der Waals surface area contributed by atoms with E-state index in [1.54, 1.807) is 34.4 Å². The molecule has 0 aliphatic carbocycles. The molecular weight excluding hydrogens is 344 g/mol. The molecule has 0 fully saturated rings. The first-order valence-electron chi connectivity index (χ1n) is 7.23. The number of benzene rings is 1. The van der Waals surface area contributed by atoms with Gasteiger partial charge in [-0.05, 0) is 23.6 Å². The summed E-state index contributed by atoms with van der Waals surface area (Å²) < 4.78 is 0. The predicted molar refractivity (Wildman–Crippen MR) is 99.3 cm³/mol. The molecule has 1 aromatic carbocycles. The van der Waals surface area contributed by atoms with Crippen molar-refractivity contribution < 1.29 is 4.79 Å². The number of rotatable bonds is 7. The number of carbonyl (C=O) groups is 1. The van der Waals surface area contributed by atoms with Crippen LogP contribution < -0.4 is 5.32 Å².